The number of sulfonamides is 1. The molecule has 0 fully saturated rings. The largest absolute Gasteiger partial charge is 0.382 e. The molecular formula is C24H25FN6O3S. The number of aryl methyl sites for hydroxylation is 2. The Morgan fingerprint density at radius 3 is 2.69 bits per heavy atom. The van der Waals surface area contributed by atoms with Crippen molar-refractivity contribution in [1.82, 2.24) is 14.5 Å². The van der Waals surface area contributed by atoms with Crippen LogP contribution in [0.3, 0.4) is 0 Å². The number of hydrogen-bond acceptors (Lipinski definition) is 6. The van der Waals surface area contributed by atoms with Crippen LogP contribution in [0.2, 0.25) is 0 Å². The fraction of sp³-hybridized carbons (Fsp3) is 0.292. The van der Waals surface area contributed by atoms with E-state index >= 15 is 0 Å². The smallest absolute Gasteiger partial charge is 0.240 e. The molecule has 2 heterocycles. The molecule has 0 aliphatic carbocycles. The Morgan fingerprint density at radius 2 is 2.00 bits per heavy atom. The fourth-order valence-electron chi connectivity index (χ4n) is 4.17. The van der Waals surface area contributed by atoms with E-state index in [1.54, 1.807) is 17.0 Å². The number of nitrogens with zero attached hydrogens (tertiary/aromatic N) is 4. The van der Waals surface area contributed by atoms with E-state index in [-0.39, 0.29) is 28.7 Å². The molecule has 0 bridgehead atoms. The molecule has 1 aliphatic rings. The number of amides is 1. The molecule has 1 amide bonds. The van der Waals surface area contributed by atoms with Crippen molar-refractivity contribution >= 4 is 27.4 Å². The van der Waals surface area contributed by atoms with Crippen LogP contribution in [0.15, 0.2) is 47.4 Å². The summed E-state index contributed by atoms with van der Waals surface area (Å²) in [5, 5.41) is 13.9. The van der Waals surface area contributed by atoms with Gasteiger partial charge in [-0.2, -0.15) is 10.4 Å². The SMILES string of the molecule is CC(=O)N1CCCc2cc(S(=O)(=O)NCCCc3nn(-c4ccc(F)cc4)c(N)c3C#N)ccc21. The lowest BCUT2D eigenvalue weighted by Crippen LogP contribution is -2.33. The second kappa shape index (κ2) is 9.85. The summed E-state index contributed by atoms with van der Waals surface area (Å²) < 4.78 is 42.8. The molecule has 2 aromatic carbocycles. The monoisotopic (exact) mass is 496 g/mol. The maximum atomic E-state index is 13.2. The summed E-state index contributed by atoms with van der Waals surface area (Å²) in [4.78, 5) is 13.6. The molecule has 3 N–H and O–H groups in total. The number of nitrogen functional groups attached to an aromatic ring is 1. The van der Waals surface area contributed by atoms with E-state index in [2.05, 4.69) is 9.82 Å². The average molecular weight is 497 g/mol. The summed E-state index contributed by atoms with van der Waals surface area (Å²) in [6, 6.07) is 12.4. The van der Waals surface area contributed by atoms with E-state index in [0.717, 1.165) is 17.7 Å². The van der Waals surface area contributed by atoms with Crippen molar-refractivity contribution in [2.45, 2.75) is 37.5 Å². The van der Waals surface area contributed by atoms with Gasteiger partial charge in [0.2, 0.25) is 15.9 Å². The van der Waals surface area contributed by atoms with Gasteiger partial charge in [0.25, 0.3) is 0 Å². The zero-order chi connectivity index (χ0) is 25.2. The average Bonchev–Trinajstić information content (AvgIpc) is 3.16. The summed E-state index contributed by atoms with van der Waals surface area (Å²) in [6.45, 7) is 2.25. The highest BCUT2D eigenvalue weighted by atomic mass is 32.2. The van der Waals surface area contributed by atoms with E-state index in [1.165, 1.54) is 41.9 Å². The van der Waals surface area contributed by atoms with Crippen molar-refractivity contribution in [3.05, 3.63) is 65.1 Å². The van der Waals surface area contributed by atoms with E-state index in [0.29, 0.717) is 37.2 Å². The van der Waals surface area contributed by atoms with Gasteiger partial charge in [-0.1, -0.05) is 0 Å². The zero-order valence-corrected chi connectivity index (χ0v) is 20.0. The number of nitrogens with two attached hydrogens (primary N) is 1. The molecule has 0 unspecified atom stereocenters. The van der Waals surface area contributed by atoms with Gasteiger partial charge in [-0.15, -0.1) is 0 Å². The third-order valence-electron chi connectivity index (χ3n) is 5.92. The van der Waals surface area contributed by atoms with Crippen LogP contribution < -0.4 is 15.4 Å². The van der Waals surface area contributed by atoms with Gasteiger partial charge in [0, 0.05) is 25.7 Å². The molecule has 1 aromatic heterocycles. The molecular weight excluding hydrogens is 471 g/mol. The van der Waals surface area contributed by atoms with Gasteiger partial charge in [0.05, 0.1) is 16.3 Å². The van der Waals surface area contributed by atoms with Crippen LogP contribution in [0.1, 0.15) is 36.6 Å². The minimum atomic E-state index is -3.76. The summed E-state index contributed by atoms with van der Waals surface area (Å²) in [6.07, 6.45) is 2.19. The molecule has 9 nitrogen and oxygen atoms in total. The molecule has 0 spiro atoms. The first-order chi connectivity index (χ1) is 16.7. The standard InChI is InChI=1S/C24H25FN6O3S/c1-16(32)30-13-3-4-17-14-20(10-11-23(17)30)35(33,34)28-12-2-5-22-21(15-26)24(27)31(29-22)19-8-6-18(25)7-9-19/h6-11,14,28H,2-5,12-13,27H2,1H3. The highest BCUT2D eigenvalue weighted by Gasteiger charge is 2.23. The Kier molecular flexibility index (Phi) is 6.86. The predicted octanol–water partition coefficient (Wildman–Crippen LogP) is 2.68. The number of nitrogens with one attached hydrogen (secondary N) is 1. The first kappa shape index (κ1) is 24.4. The second-order valence-electron chi connectivity index (χ2n) is 8.27. The summed E-state index contributed by atoms with van der Waals surface area (Å²) in [5.41, 5.74) is 8.81. The lowest BCUT2D eigenvalue weighted by atomic mass is 10.0. The van der Waals surface area contributed by atoms with E-state index in [1.807, 2.05) is 6.07 Å². The van der Waals surface area contributed by atoms with Gasteiger partial charge in [-0.05, 0) is 73.7 Å². The van der Waals surface area contributed by atoms with Crippen molar-refractivity contribution in [3.8, 4) is 11.8 Å². The maximum absolute atomic E-state index is 13.2. The Bertz CT molecular complexity index is 1410. The Balaban J connectivity index is 1.43. The Hall–Kier alpha value is -3.75. The lowest BCUT2D eigenvalue weighted by molar-refractivity contribution is -0.116. The number of hydrogen-bond donors (Lipinski definition) is 2. The van der Waals surface area contributed by atoms with Crippen LogP contribution in [0, 0.1) is 17.1 Å². The van der Waals surface area contributed by atoms with Crippen molar-refractivity contribution < 1.29 is 17.6 Å². The number of benzene rings is 2. The summed E-state index contributed by atoms with van der Waals surface area (Å²) >= 11 is 0. The first-order valence-electron chi connectivity index (χ1n) is 11.2. The fourth-order valence-corrected chi connectivity index (χ4v) is 5.29. The number of carbonyl (C=O) groups is 1. The number of anilines is 2. The highest BCUT2D eigenvalue weighted by Crippen LogP contribution is 2.29. The van der Waals surface area contributed by atoms with Crippen LogP contribution in [-0.4, -0.2) is 37.2 Å². The van der Waals surface area contributed by atoms with Gasteiger partial charge in [0.1, 0.15) is 23.3 Å². The van der Waals surface area contributed by atoms with Gasteiger partial charge in [-0.25, -0.2) is 22.2 Å². The molecule has 0 radical (unpaired) electrons. The Morgan fingerprint density at radius 1 is 1.26 bits per heavy atom. The lowest BCUT2D eigenvalue weighted by Gasteiger charge is -2.28. The highest BCUT2D eigenvalue weighted by molar-refractivity contribution is 7.89. The third-order valence-corrected chi connectivity index (χ3v) is 7.38. The number of halogens is 1. The van der Waals surface area contributed by atoms with Crippen LogP contribution in [0.25, 0.3) is 5.69 Å². The zero-order valence-electron chi connectivity index (χ0n) is 19.2. The first-order valence-corrected chi connectivity index (χ1v) is 12.6. The van der Waals surface area contributed by atoms with Gasteiger partial charge in [-0.3, -0.25) is 4.79 Å². The molecule has 0 saturated heterocycles. The van der Waals surface area contributed by atoms with Crippen molar-refractivity contribution in [1.29, 1.82) is 5.26 Å². The van der Waals surface area contributed by atoms with Gasteiger partial charge >= 0.3 is 0 Å². The molecule has 0 atom stereocenters. The van der Waals surface area contributed by atoms with Crippen molar-refractivity contribution in [3.63, 3.8) is 0 Å². The normalized spacial score (nSPS) is 13.3. The second-order valence-corrected chi connectivity index (χ2v) is 10.0. The molecule has 4 rings (SSSR count). The minimum Gasteiger partial charge on any atom is -0.382 e. The number of fused-ring (bicyclic) bond motifs is 1. The molecule has 3 aromatic rings. The molecule has 11 heteroatoms. The van der Waals surface area contributed by atoms with E-state index < -0.39 is 15.8 Å². The van der Waals surface area contributed by atoms with Crippen molar-refractivity contribution in [2.24, 2.45) is 0 Å². The molecule has 0 saturated carbocycles. The topological polar surface area (TPSA) is 134 Å². The van der Waals surface area contributed by atoms with Crippen molar-refractivity contribution in [2.75, 3.05) is 23.7 Å². The van der Waals surface area contributed by atoms with E-state index in [9.17, 15) is 22.9 Å². The van der Waals surface area contributed by atoms with E-state index in [4.69, 9.17) is 5.73 Å². The molecule has 182 valence electrons. The molecule has 1 aliphatic heterocycles. The third kappa shape index (κ3) is 5.03. The maximum Gasteiger partial charge on any atom is 0.240 e. The number of carbonyl (C=O) groups excluding carboxylic acids is 1. The van der Waals surface area contributed by atoms with Crippen LogP contribution in [0.4, 0.5) is 15.9 Å². The number of aromatic nitrogens is 2. The number of nitriles is 1. The van der Waals surface area contributed by atoms with Crippen LogP contribution in [0.5, 0.6) is 0 Å². The van der Waals surface area contributed by atoms with Gasteiger partial charge < -0.3 is 10.6 Å². The van der Waals surface area contributed by atoms with Gasteiger partial charge in [0.15, 0.2) is 0 Å². The summed E-state index contributed by atoms with van der Waals surface area (Å²) in [5.74, 6) is -0.329. The quantitative estimate of drug-likeness (QED) is 0.483. The minimum absolute atomic E-state index is 0.0704. The van der Waals surface area contributed by atoms with Crippen LogP contribution >= 0.6 is 0 Å². The summed E-state index contributed by atoms with van der Waals surface area (Å²) in [7, 11) is -3.76. The predicted molar refractivity (Wildman–Crippen MR) is 129 cm³/mol. The number of rotatable bonds is 7. The molecule has 35 heavy (non-hydrogen) atoms. The Labute approximate surface area is 203 Å². The van der Waals surface area contributed by atoms with Crippen LogP contribution in [-0.2, 0) is 27.7 Å².